The first-order chi connectivity index (χ1) is 9.54. The second kappa shape index (κ2) is 5.92. The number of benzene rings is 1. The maximum absolute atomic E-state index is 13.5. The van der Waals surface area contributed by atoms with E-state index in [-0.39, 0.29) is 6.54 Å². The largest absolute Gasteiger partial charge is 0.478 e. The normalized spacial score (nSPS) is 10.8. The second-order valence-corrected chi connectivity index (χ2v) is 4.09. The van der Waals surface area contributed by atoms with Crippen LogP contribution in [0.4, 0.5) is 4.39 Å². The van der Waals surface area contributed by atoms with Crippen molar-refractivity contribution in [1.29, 1.82) is 0 Å². The number of aromatic nitrogens is 2. The lowest BCUT2D eigenvalue weighted by atomic mass is 10.1. The van der Waals surface area contributed by atoms with Gasteiger partial charge in [-0.15, -0.1) is 0 Å². The maximum atomic E-state index is 13.5. The molecule has 1 aromatic heterocycles. The van der Waals surface area contributed by atoms with Crippen LogP contribution in [0.2, 0.25) is 0 Å². The Morgan fingerprint density at radius 2 is 2.20 bits per heavy atom. The van der Waals surface area contributed by atoms with Crippen molar-refractivity contribution in [3.8, 4) is 0 Å². The first-order valence-electron chi connectivity index (χ1n) is 5.76. The molecule has 0 fully saturated rings. The number of aliphatic carboxylic acids is 1. The predicted molar refractivity (Wildman–Crippen MR) is 70.7 cm³/mol. The van der Waals surface area contributed by atoms with Crippen LogP contribution in [-0.4, -0.2) is 20.6 Å². The zero-order valence-electron chi connectivity index (χ0n) is 10.4. The van der Waals surface area contributed by atoms with Gasteiger partial charge in [-0.2, -0.15) is 0 Å². The van der Waals surface area contributed by atoms with Gasteiger partial charge in [-0.3, -0.25) is 4.57 Å². The lowest BCUT2D eigenvalue weighted by Gasteiger charge is -2.06. The molecule has 0 bridgehead atoms. The van der Waals surface area contributed by atoms with E-state index >= 15 is 0 Å². The molecule has 20 heavy (non-hydrogen) atoms. The lowest BCUT2D eigenvalue weighted by molar-refractivity contribution is -0.131. The van der Waals surface area contributed by atoms with Crippen molar-refractivity contribution in [1.82, 2.24) is 9.55 Å². The number of carboxylic acids is 1. The van der Waals surface area contributed by atoms with Crippen LogP contribution < -0.4 is 5.69 Å². The van der Waals surface area contributed by atoms with E-state index in [1.807, 2.05) is 0 Å². The van der Waals surface area contributed by atoms with Gasteiger partial charge >= 0.3 is 11.7 Å². The highest BCUT2D eigenvalue weighted by Gasteiger charge is 2.02. The number of nitrogens with zero attached hydrogens (tertiary/aromatic N) is 2. The fourth-order valence-electron chi connectivity index (χ4n) is 1.73. The molecule has 5 nitrogen and oxygen atoms in total. The number of hydrogen-bond donors (Lipinski definition) is 1. The first kappa shape index (κ1) is 13.7. The summed E-state index contributed by atoms with van der Waals surface area (Å²) >= 11 is 0. The molecule has 6 heteroatoms. The average molecular weight is 274 g/mol. The van der Waals surface area contributed by atoms with Gasteiger partial charge in [0.1, 0.15) is 5.82 Å². The summed E-state index contributed by atoms with van der Waals surface area (Å²) < 4.78 is 14.8. The van der Waals surface area contributed by atoms with Crippen molar-refractivity contribution >= 4 is 12.0 Å². The monoisotopic (exact) mass is 274 g/mol. The fraction of sp³-hybridized carbons (Fsp3) is 0.0714. The standard InChI is InChI=1S/C14H11FN2O3/c15-12-7-10(2-3-13(18)19)6-11(8-12)9-17-5-1-4-16-14(17)20/h1-8H,9H2,(H,18,19). The van der Waals surface area contributed by atoms with Crippen LogP contribution in [0.25, 0.3) is 6.08 Å². The number of rotatable bonds is 4. The molecule has 102 valence electrons. The number of hydrogen-bond acceptors (Lipinski definition) is 3. The van der Waals surface area contributed by atoms with E-state index in [2.05, 4.69) is 4.98 Å². The summed E-state index contributed by atoms with van der Waals surface area (Å²) in [5, 5.41) is 8.55. The third kappa shape index (κ3) is 3.61. The quantitative estimate of drug-likeness (QED) is 0.858. The molecule has 0 saturated carbocycles. The molecule has 0 spiro atoms. The van der Waals surface area contributed by atoms with Crippen LogP contribution in [0.1, 0.15) is 11.1 Å². The third-order valence-electron chi connectivity index (χ3n) is 2.53. The number of halogens is 1. The number of carboxylic acid groups (broad SMARTS) is 1. The van der Waals surface area contributed by atoms with Gasteiger partial charge in [0.2, 0.25) is 0 Å². The molecule has 0 aliphatic carbocycles. The van der Waals surface area contributed by atoms with E-state index in [4.69, 9.17) is 5.11 Å². The minimum absolute atomic E-state index is 0.165. The van der Waals surface area contributed by atoms with Gasteiger partial charge in [0.15, 0.2) is 0 Å². The predicted octanol–water partition coefficient (Wildman–Crippen LogP) is 1.53. The zero-order valence-corrected chi connectivity index (χ0v) is 10.4. The maximum Gasteiger partial charge on any atom is 0.347 e. The number of carbonyl (C=O) groups is 1. The average Bonchev–Trinajstić information content (AvgIpc) is 2.38. The van der Waals surface area contributed by atoms with Gasteiger partial charge in [-0.25, -0.2) is 19.0 Å². The molecule has 0 aliphatic heterocycles. The summed E-state index contributed by atoms with van der Waals surface area (Å²) in [7, 11) is 0. The molecule has 2 aromatic rings. The van der Waals surface area contributed by atoms with E-state index in [1.165, 1.54) is 29.0 Å². The minimum Gasteiger partial charge on any atom is -0.478 e. The zero-order chi connectivity index (χ0) is 14.5. The van der Waals surface area contributed by atoms with Crippen LogP contribution in [-0.2, 0) is 11.3 Å². The van der Waals surface area contributed by atoms with Gasteiger partial charge in [-0.05, 0) is 41.5 Å². The van der Waals surface area contributed by atoms with E-state index in [1.54, 1.807) is 18.3 Å². The first-order valence-corrected chi connectivity index (χ1v) is 5.76. The van der Waals surface area contributed by atoms with Crippen molar-refractivity contribution in [2.45, 2.75) is 6.54 Å². The summed E-state index contributed by atoms with van der Waals surface area (Å²) in [5.41, 5.74) is 0.531. The topological polar surface area (TPSA) is 72.2 Å². The van der Waals surface area contributed by atoms with Gasteiger partial charge in [0, 0.05) is 18.5 Å². The summed E-state index contributed by atoms with van der Waals surface area (Å²) in [5.74, 6) is -1.61. The Labute approximate surface area is 113 Å². The Kier molecular flexibility index (Phi) is 4.05. The van der Waals surface area contributed by atoms with Crippen molar-refractivity contribution < 1.29 is 14.3 Å². The van der Waals surface area contributed by atoms with Gasteiger partial charge in [0.05, 0.1) is 6.54 Å². The molecule has 0 saturated heterocycles. The van der Waals surface area contributed by atoms with Crippen LogP contribution in [0.15, 0.2) is 47.5 Å². The smallest absolute Gasteiger partial charge is 0.347 e. The lowest BCUT2D eigenvalue weighted by Crippen LogP contribution is -2.21. The Morgan fingerprint density at radius 3 is 2.90 bits per heavy atom. The van der Waals surface area contributed by atoms with Crippen LogP contribution in [0, 0.1) is 5.82 Å². The highest BCUT2D eigenvalue weighted by molar-refractivity contribution is 5.85. The van der Waals surface area contributed by atoms with E-state index in [9.17, 15) is 14.0 Å². The molecule has 0 atom stereocenters. The summed E-state index contributed by atoms with van der Waals surface area (Å²) in [6, 6.07) is 5.72. The third-order valence-corrected chi connectivity index (χ3v) is 2.53. The summed E-state index contributed by atoms with van der Waals surface area (Å²) in [6.07, 6.45) is 5.15. The van der Waals surface area contributed by atoms with E-state index in [0.717, 1.165) is 6.08 Å². The summed E-state index contributed by atoms with van der Waals surface area (Å²) in [4.78, 5) is 25.5. The Balaban J connectivity index is 2.31. The van der Waals surface area contributed by atoms with Crippen molar-refractivity contribution in [2.75, 3.05) is 0 Å². The summed E-state index contributed by atoms with van der Waals surface area (Å²) in [6.45, 7) is 0.165. The molecular formula is C14H11FN2O3. The molecule has 2 rings (SSSR count). The van der Waals surface area contributed by atoms with Gasteiger partial charge in [0.25, 0.3) is 0 Å². The van der Waals surface area contributed by atoms with Crippen LogP contribution in [0.3, 0.4) is 0 Å². The molecule has 0 aliphatic rings. The van der Waals surface area contributed by atoms with Crippen molar-refractivity contribution in [2.24, 2.45) is 0 Å². The van der Waals surface area contributed by atoms with E-state index in [0.29, 0.717) is 11.1 Å². The second-order valence-electron chi connectivity index (χ2n) is 4.09. The molecule has 1 aromatic carbocycles. The van der Waals surface area contributed by atoms with Crippen molar-refractivity contribution in [3.63, 3.8) is 0 Å². The minimum atomic E-state index is -1.11. The molecule has 0 amide bonds. The van der Waals surface area contributed by atoms with Crippen LogP contribution in [0.5, 0.6) is 0 Å². The van der Waals surface area contributed by atoms with Crippen LogP contribution >= 0.6 is 0 Å². The molecule has 1 heterocycles. The Bertz CT molecular complexity index is 722. The van der Waals surface area contributed by atoms with Gasteiger partial charge < -0.3 is 5.11 Å². The van der Waals surface area contributed by atoms with Gasteiger partial charge in [-0.1, -0.05) is 0 Å². The Hall–Kier alpha value is -2.76. The highest BCUT2D eigenvalue weighted by atomic mass is 19.1. The Morgan fingerprint density at radius 1 is 1.40 bits per heavy atom. The van der Waals surface area contributed by atoms with Crippen molar-refractivity contribution in [3.05, 3.63) is 70.2 Å². The SMILES string of the molecule is O=C(O)C=Cc1cc(F)cc(Cn2cccnc2=O)c1. The van der Waals surface area contributed by atoms with E-state index < -0.39 is 17.5 Å². The highest BCUT2D eigenvalue weighted by Crippen LogP contribution is 2.11. The molecule has 0 radical (unpaired) electrons. The molecule has 1 N–H and O–H groups in total. The molecular weight excluding hydrogens is 263 g/mol. The molecule has 0 unspecified atom stereocenters. The fourth-order valence-corrected chi connectivity index (χ4v) is 1.73.